The maximum Gasteiger partial charge on any atom is 0.337 e. The Morgan fingerprint density at radius 2 is 2.16 bits per heavy atom. The lowest BCUT2D eigenvalue weighted by molar-refractivity contribution is 0.0600. The Labute approximate surface area is 117 Å². The number of thioether (sulfide) groups is 1. The van der Waals surface area contributed by atoms with Gasteiger partial charge in [0.2, 0.25) is 0 Å². The molecule has 2 rings (SSSR count). The second-order valence-electron chi connectivity index (χ2n) is 4.15. The van der Waals surface area contributed by atoms with E-state index in [4.69, 9.17) is 4.74 Å². The zero-order valence-corrected chi connectivity index (χ0v) is 11.7. The smallest absolute Gasteiger partial charge is 0.337 e. The van der Waals surface area contributed by atoms with Crippen LogP contribution in [0, 0.1) is 6.92 Å². The van der Waals surface area contributed by atoms with Crippen molar-refractivity contribution in [3.8, 4) is 0 Å². The van der Waals surface area contributed by atoms with Gasteiger partial charge >= 0.3 is 5.97 Å². The Morgan fingerprint density at radius 1 is 1.32 bits per heavy atom. The summed E-state index contributed by atoms with van der Waals surface area (Å²) >= 11 is 1.65. The summed E-state index contributed by atoms with van der Waals surface area (Å²) in [5.74, 6) is 0.473. The quantitative estimate of drug-likeness (QED) is 0.631. The van der Waals surface area contributed by atoms with Gasteiger partial charge in [-0.3, -0.25) is 0 Å². The third kappa shape index (κ3) is 3.83. The van der Waals surface area contributed by atoms with Crippen molar-refractivity contribution in [2.24, 2.45) is 0 Å². The average Bonchev–Trinajstić information content (AvgIpc) is 2.46. The van der Waals surface area contributed by atoms with Gasteiger partial charge in [-0.2, -0.15) is 0 Å². The first-order chi connectivity index (χ1) is 9.19. The van der Waals surface area contributed by atoms with Crippen LogP contribution in [-0.2, 0) is 10.5 Å². The second-order valence-corrected chi connectivity index (χ2v) is 5.15. The summed E-state index contributed by atoms with van der Waals surface area (Å²) in [5, 5.41) is 0.981. The van der Waals surface area contributed by atoms with Gasteiger partial charge in [0, 0.05) is 11.9 Å². The molecule has 0 spiro atoms. The van der Waals surface area contributed by atoms with E-state index in [1.807, 2.05) is 43.5 Å². The lowest BCUT2D eigenvalue weighted by atomic mass is 10.1. The number of esters is 1. The first-order valence-corrected chi connectivity index (χ1v) is 6.90. The molecular formula is C15H15NO2S. The van der Waals surface area contributed by atoms with E-state index in [1.165, 1.54) is 7.11 Å². The summed E-state index contributed by atoms with van der Waals surface area (Å²) in [6, 6.07) is 11.5. The molecule has 1 aromatic carbocycles. The predicted molar refractivity (Wildman–Crippen MR) is 76.3 cm³/mol. The van der Waals surface area contributed by atoms with E-state index >= 15 is 0 Å². The molecule has 1 aromatic heterocycles. The Kier molecular flexibility index (Phi) is 4.58. The monoisotopic (exact) mass is 273 g/mol. The molecule has 0 fully saturated rings. The van der Waals surface area contributed by atoms with E-state index in [9.17, 15) is 4.79 Å². The number of hydrogen-bond acceptors (Lipinski definition) is 4. The third-order valence-corrected chi connectivity index (χ3v) is 3.63. The Bertz CT molecular complexity index is 567. The number of ether oxygens (including phenoxy) is 1. The normalized spacial score (nSPS) is 10.2. The fraction of sp³-hybridized carbons (Fsp3) is 0.200. The summed E-state index contributed by atoms with van der Waals surface area (Å²) < 4.78 is 4.71. The van der Waals surface area contributed by atoms with Crippen molar-refractivity contribution in [3.05, 3.63) is 59.3 Å². The lowest BCUT2D eigenvalue weighted by Gasteiger charge is -2.04. The number of rotatable bonds is 4. The van der Waals surface area contributed by atoms with Crippen LogP contribution < -0.4 is 0 Å². The minimum atomic E-state index is -0.305. The highest BCUT2D eigenvalue weighted by Crippen LogP contribution is 2.21. The Morgan fingerprint density at radius 3 is 2.84 bits per heavy atom. The van der Waals surface area contributed by atoms with E-state index in [-0.39, 0.29) is 5.97 Å². The molecule has 0 radical (unpaired) electrons. The van der Waals surface area contributed by atoms with Crippen molar-refractivity contribution < 1.29 is 9.53 Å². The van der Waals surface area contributed by atoms with Gasteiger partial charge in [0.05, 0.1) is 17.7 Å². The van der Waals surface area contributed by atoms with Crippen molar-refractivity contribution in [1.82, 2.24) is 4.98 Å². The van der Waals surface area contributed by atoms with Crippen molar-refractivity contribution in [2.75, 3.05) is 7.11 Å². The molecule has 0 bridgehead atoms. The van der Waals surface area contributed by atoms with E-state index in [0.29, 0.717) is 5.56 Å². The van der Waals surface area contributed by atoms with Crippen LogP contribution in [0.25, 0.3) is 0 Å². The summed E-state index contributed by atoms with van der Waals surface area (Å²) in [5.41, 5.74) is 2.81. The van der Waals surface area contributed by atoms with Gasteiger partial charge in [-0.1, -0.05) is 18.2 Å². The molecule has 4 heteroatoms. The third-order valence-electron chi connectivity index (χ3n) is 2.62. The number of aromatic nitrogens is 1. The lowest BCUT2D eigenvalue weighted by Crippen LogP contribution is -2.01. The second kappa shape index (κ2) is 6.38. The van der Waals surface area contributed by atoms with Crippen molar-refractivity contribution in [1.29, 1.82) is 0 Å². The van der Waals surface area contributed by atoms with Crippen molar-refractivity contribution in [2.45, 2.75) is 17.7 Å². The standard InChI is InChI=1S/C15H15NO2S/c1-11-6-7-14(16-9-11)19-10-12-4-3-5-13(8-12)15(17)18-2/h3-9H,10H2,1-2H3. The van der Waals surface area contributed by atoms with Crippen LogP contribution in [0.3, 0.4) is 0 Å². The van der Waals surface area contributed by atoms with Crippen LogP contribution in [0.15, 0.2) is 47.6 Å². The highest BCUT2D eigenvalue weighted by molar-refractivity contribution is 7.98. The topological polar surface area (TPSA) is 39.2 Å². The number of carbonyl (C=O) groups is 1. The highest BCUT2D eigenvalue weighted by atomic mass is 32.2. The fourth-order valence-electron chi connectivity index (χ4n) is 1.60. The van der Waals surface area contributed by atoms with E-state index in [2.05, 4.69) is 4.98 Å². The SMILES string of the molecule is COC(=O)c1cccc(CSc2ccc(C)cn2)c1. The molecule has 0 amide bonds. The van der Waals surface area contributed by atoms with Gasteiger partial charge < -0.3 is 4.74 Å². The van der Waals surface area contributed by atoms with Gasteiger partial charge in [0.1, 0.15) is 0 Å². The first kappa shape index (κ1) is 13.6. The van der Waals surface area contributed by atoms with Crippen LogP contribution in [-0.4, -0.2) is 18.1 Å². The molecule has 98 valence electrons. The van der Waals surface area contributed by atoms with Crippen molar-refractivity contribution in [3.63, 3.8) is 0 Å². The molecule has 0 unspecified atom stereocenters. The largest absolute Gasteiger partial charge is 0.465 e. The minimum absolute atomic E-state index is 0.305. The molecule has 0 saturated heterocycles. The highest BCUT2D eigenvalue weighted by Gasteiger charge is 2.06. The van der Waals surface area contributed by atoms with E-state index < -0.39 is 0 Å². The van der Waals surface area contributed by atoms with Crippen LogP contribution in [0.5, 0.6) is 0 Å². The fourth-order valence-corrected chi connectivity index (χ4v) is 2.39. The van der Waals surface area contributed by atoms with Gasteiger partial charge in [0.25, 0.3) is 0 Å². The zero-order chi connectivity index (χ0) is 13.7. The van der Waals surface area contributed by atoms with Crippen molar-refractivity contribution >= 4 is 17.7 Å². The summed E-state index contributed by atoms with van der Waals surface area (Å²) in [6.45, 7) is 2.02. The first-order valence-electron chi connectivity index (χ1n) is 5.92. The van der Waals surface area contributed by atoms with Gasteiger partial charge in [-0.05, 0) is 36.2 Å². The average molecular weight is 273 g/mol. The van der Waals surface area contributed by atoms with Gasteiger partial charge in [-0.25, -0.2) is 9.78 Å². The molecule has 2 aromatic rings. The predicted octanol–water partition coefficient (Wildman–Crippen LogP) is 3.47. The van der Waals surface area contributed by atoms with Crippen LogP contribution in [0.1, 0.15) is 21.5 Å². The molecule has 0 atom stereocenters. The molecular weight excluding hydrogens is 258 g/mol. The van der Waals surface area contributed by atoms with E-state index in [1.54, 1.807) is 17.8 Å². The molecule has 0 aliphatic rings. The minimum Gasteiger partial charge on any atom is -0.465 e. The zero-order valence-electron chi connectivity index (χ0n) is 10.9. The number of methoxy groups -OCH3 is 1. The summed E-state index contributed by atoms with van der Waals surface area (Å²) in [6.07, 6.45) is 1.85. The maximum absolute atomic E-state index is 11.4. The number of aryl methyl sites for hydroxylation is 1. The number of pyridine rings is 1. The molecule has 19 heavy (non-hydrogen) atoms. The number of carbonyl (C=O) groups excluding carboxylic acids is 1. The Balaban J connectivity index is 2.03. The van der Waals surface area contributed by atoms with Crippen LogP contribution >= 0.6 is 11.8 Å². The molecule has 0 saturated carbocycles. The molecule has 3 nitrogen and oxygen atoms in total. The van der Waals surface area contributed by atoms with Crippen LogP contribution in [0.2, 0.25) is 0 Å². The summed E-state index contributed by atoms with van der Waals surface area (Å²) in [7, 11) is 1.39. The Hall–Kier alpha value is -1.81. The number of benzene rings is 1. The maximum atomic E-state index is 11.4. The van der Waals surface area contributed by atoms with Gasteiger partial charge in [0.15, 0.2) is 0 Å². The van der Waals surface area contributed by atoms with E-state index in [0.717, 1.165) is 21.9 Å². The number of hydrogen-bond donors (Lipinski definition) is 0. The molecule has 0 N–H and O–H groups in total. The van der Waals surface area contributed by atoms with Crippen LogP contribution in [0.4, 0.5) is 0 Å². The molecule has 0 aliphatic heterocycles. The summed E-state index contributed by atoms with van der Waals surface area (Å²) in [4.78, 5) is 15.8. The van der Waals surface area contributed by atoms with Gasteiger partial charge in [-0.15, -0.1) is 11.8 Å². The molecule has 0 aliphatic carbocycles. The molecule has 1 heterocycles. The number of nitrogens with zero attached hydrogens (tertiary/aromatic N) is 1.